The van der Waals surface area contributed by atoms with Gasteiger partial charge >= 0.3 is 0 Å². The summed E-state index contributed by atoms with van der Waals surface area (Å²) in [5.74, 6) is -0.912. The maximum absolute atomic E-state index is 12.9. The summed E-state index contributed by atoms with van der Waals surface area (Å²) in [6.45, 7) is 4.12. The summed E-state index contributed by atoms with van der Waals surface area (Å²) in [5.41, 5.74) is 2.65. The maximum Gasteiger partial charge on any atom is 0.289 e. The molecule has 0 spiro atoms. The molecule has 24 heavy (non-hydrogen) atoms. The lowest BCUT2D eigenvalue weighted by Gasteiger charge is -2.20. The van der Waals surface area contributed by atoms with Crippen molar-refractivity contribution in [3.63, 3.8) is 0 Å². The van der Waals surface area contributed by atoms with Gasteiger partial charge in [0.15, 0.2) is 5.76 Å². The van der Waals surface area contributed by atoms with Gasteiger partial charge in [-0.3, -0.25) is 14.8 Å². The summed E-state index contributed by atoms with van der Waals surface area (Å²) in [7, 11) is 0. The molecule has 0 aliphatic carbocycles. The van der Waals surface area contributed by atoms with Crippen LogP contribution in [0.25, 0.3) is 5.57 Å². The lowest BCUT2D eigenvalue weighted by molar-refractivity contribution is -0.129. The molecule has 1 aromatic carbocycles. The van der Waals surface area contributed by atoms with Crippen LogP contribution in [-0.2, 0) is 11.2 Å². The number of hydrogen-bond donors (Lipinski definition) is 1. The second kappa shape index (κ2) is 6.39. The highest BCUT2D eigenvalue weighted by atomic mass is 19.1. The molecule has 1 N–H and O–H groups in total. The zero-order valence-electron chi connectivity index (χ0n) is 13.5. The average molecular weight is 327 g/mol. The molecule has 0 bridgehead atoms. The van der Waals surface area contributed by atoms with Gasteiger partial charge in [-0.2, -0.15) is 0 Å². The smallest absolute Gasteiger partial charge is 0.289 e. The first-order valence-electron chi connectivity index (χ1n) is 7.74. The quantitative estimate of drug-likeness (QED) is 0.938. The standard InChI is InChI=1S/C18H18FN3O2/c1-11(2)22-10-15(17(23)18(22)24)16-9-20-14(8-21-16)7-12-3-5-13(19)6-4-12/h3-6,8-9,11,23H,7,10H2,1-2H3. The maximum atomic E-state index is 12.9. The highest BCUT2D eigenvalue weighted by Crippen LogP contribution is 2.26. The van der Waals surface area contributed by atoms with Gasteiger partial charge in [-0.1, -0.05) is 12.1 Å². The van der Waals surface area contributed by atoms with Crippen LogP contribution in [0.5, 0.6) is 0 Å². The lowest BCUT2D eigenvalue weighted by atomic mass is 10.1. The molecule has 0 saturated heterocycles. The van der Waals surface area contributed by atoms with Crippen LogP contribution in [0, 0.1) is 5.82 Å². The number of aliphatic hydroxyl groups is 1. The predicted molar refractivity (Wildman–Crippen MR) is 87.6 cm³/mol. The molecule has 2 aromatic rings. The monoisotopic (exact) mass is 327 g/mol. The number of rotatable bonds is 4. The highest BCUT2D eigenvalue weighted by Gasteiger charge is 2.33. The molecule has 0 fully saturated rings. The van der Waals surface area contributed by atoms with E-state index in [-0.39, 0.29) is 23.5 Å². The minimum atomic E-state index is -0.378. The fraction of sp³-hybridized carbons (Fsp3) is 0.278. The van der Waals surface area contributed by atoms with Crippen LogP contribution in [0.2, 0.25) is 0 Å². The van der Waals surface area contributed by atoms with E-state index in [1.165, 1.54) is 12.1 Å². The van der Waals surface area contributed by atoms with Crippen molar-refractivity contribution in [1.82, 2.24) is 14.9 Å². The van der Waals surface area contributed by atoms with Crippen molar-refractivity contribution in [1.29, 1.82) is 0 Å². The van der Waals surface area contributed by atoms with Crippen molar-refractivity contribution >= 4 is 11.5 Å². The number of halogens is 1. The predicted octanol–water partition coefficient (Wildman–Crippen LogP) is 2.73. The first-order chi connectivity index (χ1) is 11.5. The van der Waals surface area contributed by atoms with Crippen LogP contribution in [-0.4, -0.2) is 38.5 Å². The van der Waals surface area contributed by atoms with Gasteiger partial charge in [-0.25, -0.2) is 4.39 Å². The van der Waals surface area contributed by atoms with E-state index in [9.17, 15) is 14.3 Å². The van der Waals surface area contributed by atoms with Gasteiger partial charge in [-0.15, -0.1) is 0 Å². The fourth-order valence-electron chi connectivity index (χ4n) is 2.61. The number of carbonyl (C=O) groups is 1. The van der Waals surface area contributed by atoms with Crippen molar-refractivity contribution in [2.45, 2.75) is 26.3 Å². The SMILES string of the molecule is CC(C)N1CC(c2cnc(Cc3ccc(F)cc3)cn2)=C(O)C1=O. The molecule has 124 valence electrons. The Morgan fingerprint density at radius 3 is 2.46 bits per heavy atom. The summed E-state index contributed by atoms with van der Waals surface area (Å²) in [6, 6.07) is 6.22. The largest absolute Gasteiger partial charge is 0.503 e. The second-order valence-electron chi connectivity index (χ2n) is 6.05. The lowest BCUT2D eigenvalue weighted by Crippen LogP contribution is -2.33. The molecular weight excluding hydrogens is 309 g/mol. The third-order valence-corrected chi connectivity index (χ3v) is 4.01. The first kappa shape index (κ1) is 16.1. The van der Waals surface area contributed by atoms with Crippen LogP contribution < -0.4 is 0 Å². The van der Waals surface area contributed by atoms with Crippen molar-refractivity contribution in [3.8, 4) is 0 Å². The van der Waals surface area contributed by atoms with Gasteiger partial charge in [0.25, 0.3) is 5.91 Å². The van der Waals surface area contributed by atoms with E-state index in [0.29, 0.717) is 24.2 Å². The van der Waals surface area contributed by atoms with Crippen molar-refractivity contribution in [2.24, 2.45) is 0 Å². The van der Waals surface area contributed by atoms with Crippen molar-refractivity contribution in [3.05, 3.63) is 65.2 Å². The number of carbonyl (C=O) groups excluding carboxylic acids is 1. The minimum Gasteiger partial charge on any atom is -0.503 e. The molecule has 1 amide bonds. The van der Waals surface area contributed by atoms with E-state index in [4.69, 9.17) is 0 Å². The van der Waals surface area contributed by atoms with E-state index in [1.807, 2.05) is 13.8 Å². The van der Waals surface area contributed by atoms with Crippen LogP contribution >= 0.6 is 0 Å². The van der Waals surface area contributed by atoms with Gasteiger partial charge in [0.2, 0.25) is 0 Å². The Hall–Kier alpha value is -2.76. The molecular formula is C18H18FN3O2. The Morgan fingerprint density at radius 1 is 1.21 bits per heavy atom. The van der Waals surface area contributed by atoms with Crippen LogP contribution in [0.3, 0.4) is 0 Å². The molecule has 1 aliphatic rings. The molecule has 0 radical (unpaired) electrons. The summed E-state index contributed by atoms with van der Waals surface area (Å²) < 4.78 is 12.9. The Labute approximate surface area is 139 Å². The molecule has 5 nitrogen and oxygen atoms in total. The summed E-state index contributed by atoms with van der Waals surface area (Å²) in [4.78, 5) is 22.2. The number of benzene rings is 1. The van der Waals surface area contributed by atoms with Crippen molar-refractivity contribution < 1.29 is 14.3 Å². The number of aliphatic hydroxyl groups excluding tert-OH is 1. The molecule has 0 saturated carbocycles. The van der Waals surface area contributed by atoms with Gasteiger partial charge in [0.05, 0.1) is 24.1 Å². The highest BCUT2D eigenvalue weighted by molar-refractivity contribution is 6.03. The summed E-state index contributed by atoms with van der Waals surface area (Å²) in [6.07, 6.45) is 3.71. The molecule has 0 unspecified atom stereocenters. The van der Waals surface area contributed by atoms with Gasteiger partial charge in [0.1, 0.15) is 5.82 Å². The van der Waals surface area contributed by atoms with E-state index in [0.717, 1.165) is 11.3 Å². The average Bonchev–Trinajstić information content (AvgIpc) is 2.86. The summed E-state index contributed by atoms with van der Waals surface area (Å²) in [5, 5.41) is 10.0. The fourth-order valence-corrected chi connectivity index (χ4v) is 2.61. The van der Waals surface area contributed by atoms with E-state index < -0.39 is 0 Å². The van der Waals surface area contributed by atoms with Gasteiger partial charge in [0, 0.05) is 24.2 Å². The number of amides is 1. The van der Waals surface area contributed by atoms with E-state index in [2.05, 4.69) is 9.97 Å². The van der Waals surface area contributed by atoms with E-state index >= 15 is 0 Å². The second-order valence-corrected chi connectivity index (χ2v) is 6.05. The Kier molecular flexibility index (Phi) is 4.29. The Bertz CT molecular complexity index is 783. The third kappa shape index (κ3) is 3.13. The summed E-state index contributed by atoms with van der Waals surface area (Å²) >= 11 is 0. The van der Waals surface area contributed by atoms with Gasteiger partial charge < -0.3 is 10.0 Å². The minimum absolute atomic E-state index is 0.00265. The zero-order chi connectivity index (χ0) is 17.3. The molecule has 1 aromatic heterocycles. The van der Waals surface area contributed by atoms with E-state index in [1.54, 1.807) is 29.4 Å². The number of hydrogen-bond acceptors (Lipinski definition) is 4. The van der Waals surface area contributed by atoms with Crippen LogP contribution in [0.15, 0.2) is 42.4 Å². The number of aromatic nitrogens is 2. The van der Waals surface area contributed by atoms with Gasteiger partial charge in [-0.05, 0) is 31.5 Å². The molecule has 0 atom stereocenters. The molecule has 2 heterocycles. The molecule has 6 heteroatoms. The Morgan fingerprint density at radius 2 is 1.92 bits per heavy atom. The first-order valence-corrected chi connectivity index (χ1v) is 7.74. The topological polar surface area (TPSA) is 66.3 Å². The Balaban J connectivity index is 1.77. The van der Waals surface area contributed by atoms with Crippen molar-refractivity contribution in [2.75, 3.05) is 6.54 Å². The van der Waals surface area contributed by atoms with Crippen LogP contribution in [0.4, 0.5) is 4.39 Å². The zero-order valence-corrected chi connectivity index (χ0v) is 13.5. The number of nitrogens with zero attached hydrogens (tertiary/aromatic N) is 3. The molecule has 1 aliphatic heterocycles. The normalized spacial score (nSPS) is 14.8. The third-order valence-electron chi connectivity index (χ3n) is 4.01. The molecule has 3 rings (SSSR count). The van der Waals surface area contributed by atoms with Crippen LogP contribution in [0.1, 0.15) is 30.8 Å².